The van der Waals surface area contributed by atoms with Gasteiger partial charge in [0, 0.05) is 18.0 Å². The van der Waals surface area contributed by atoms with Crippen molar-refractivity contribution in [2.75, 3.05) is 13.4 Å². The Balaban J connectivity index is 2.05. The number of para-hydroxylation sites is 1. The highest BCUT2D eigenvalue weighted by molar-refractivity contribution is 7.90. The number of allylic oxidation sites excluding steroid dienone is 1. The first-order chi connectivity index (χ1) is 15.2. The minimum atomic E-state index is -3.34. The summed E-state index contributed by atoms with van der Waals surface area (Å²) in [6.45, 7) is 0. The zero-order chi connectivity index (χ0) is 23.3. The van der Waals surface area contributed by atoms with Gasteiger partial charge in [0.1, 0.15) is 5.70 Å². The fourth-order valence-electron chi connectivity index (χ4n) is 2.78. The highest BCUT2D eigenvalue weighted by Gasteiger charge is 2.12. The third-order valence-electron chi connectivity index (χ3n) is 4.43. The van der Waals surface area contributed by atoms with Crippen LogP contribution in [0.3, 0.4) is 0 Å². The van der Waals surface area contributed by atoms with E-state index in [0.717, 1.165) is 6.26 Å². The molecule has 2 aromatic carbocycles. The Morgan fingerprint density at radius 1 is 1.09 bits per heavy atom. The number of hydrogen-bond donors (Lipinski definition) is 1. The monoisotopic (exact) mass is 469 g/mol. The van der Waals surface area contributed by atoms with Gasteiger partial charge in [-0.25, -0.2) is 18.2 Å². The van der Waals surface area contributed by atoms with Crippen molar-refractivity contribution in [1.82, 2.24) is 4.98 Å². The number of carbonyl (C=O) groups is 1. The van der Waals surface area contributed by atoms with Crippen LogP contribution in [0.4, 0.5) is 5.69 Å². The van der Waals surface area contributed by atoms with E-state index in [-0.39, 0.29) is 10.6 Å². The molecule has 0 unspecified atom stereocenters. The van der Waals surface area contributed by atoms with Crippen LogP contribution in [-0.4, -0.2) is 38.4 Å². The number of nitrogens with zero attached hydrogens (tertiary/aromatic N) is 2. The number of ether oxygens (including phenoxy) is 1. The van der Waals surface area contributed by atoms with Crippen molar-refractivity contribution in [3.05, 3.63) is 89.4 Å². The number of methoxy groups -OCH3 is 1. The van der Waals surface area contributed by atoms with Crippen LogP contribution in [0.1, 0.15) is 5.69 Å². The van der Waals surface area contributed by atoms with Gasteiger partial charge in [0.05, 0.1) is 34.1 Å². The molecule has 3 rings (SSSR count). The highest BCUT2D eigenvalue weighted by Crippen LogP contribution is 2.26. The summed E-state index contributed by atoms with van der Waals surface area (Å²) in [7, 11) is -2.11. The molecule has 9 heteroatoms. The molecule has 32 heavy (non-hydrogen) atoms. The molecule has 0 fully saturated rings. The molecule has 0 atom stereocenters. The van der Waals surface area contributed by atoms with Crippen LogP contribution in [0.25, 0.3) is 11.1 Å². The number of halogens is 1. The van der Waals surface area contributed by atoms with Gasteiger partial charge in [-0.05, 0) is 42.0 Å². The van der Waals surface area contributed by atoms with E-state index in [1.807, 2.05) is 0 Å². The number of esters is 1. The molecule has 0 bridgehead atoms. The average molecular weight is 470 g/mol. The number of aliphatic imine (C=N–C) groups is 1. The summed E-state index contributed by atoms with van der Waals surface area (Å²) >= 11 is 6.22. The van der Waals surface area contributed by atoms with Crippen molar-refractivity contribution >= 4 is 38.8 Å². The Bertz CT molecular complexity index is 1320. The van der Waals surface area contributed by atoms with Gasteiger partial charge in [-0.3, -0.25) is 4.98 Å². The van der Waals surface area contributed by atoms with Crippen LogP contribution in [0.2, 0.25) is 5.02 Å². The van der Waals surface area contributed by atoms with Gasteiger partial charge in [0.2, 0.25) is 0 Å². The summed E-state index contributed by atoms with van der Waals surface area (Å²) in [6.07, 6.45) is 4.10. The predicted octanol–water partition coefficient (Wildman–Crippen LogP) is 3.94. The molecule has 0 aliphatic rings. The normalized spacial score (nSPS) is 12.5. The van der Waals surface area contributed by atoms with Crippen molar-refractivity contribution in [2.45, 2.75) is 4.90 Å². The number of rotatable bonds is 6. The highest BCUT2D eigenvalue weighted by atomic mass is 35.5. The summed E-state index contributed by atoms with van der Waals surface area (Å²) in [5, 5.41) is 0.421. The van der Waals surface area contributed by atoms with Crippen molar-refractivity contribution in [3.63, 3.8) is 0 Å². The molecular formula is C23H20ClN3O4S. The molecule has 3 aromatic rings. The topological polar surface area (TPSA) is 112 Å². The fourth-order valence-corrected chi connectivity index (χ4v) is 3.63. The summed E-state index contributed by atoms with van der Waals surface area (Å²) in [6, 6.07) is 17.0. The average Bonchev–Trinajstić information content (AvgIpc) is 2.79. The summed E-state index contributed by atoms with van der Waals surface area (Å²) in [5.41, 5.74) is 8.29. The van der Waals surface area contributed by atoms with Crippen LogP contribution in [-0.2, 0) is 19.4 Å². The second kappa shape index (κ2) is 9.76. The number of sulfone groups is 1. The number of carbonyl (C=O) groups excluding carboxylic acids is 1. The maximum Gasteiger partial charge on any atom is 0.353 e. The fraction of sp³-hybridized carbons (Fsp3) is 0.0870. The number of hydrogen-bond acceptors (Lipinski definition) is 7. The van der Waals surface area contributed by atoms with Gasteiger partial charge in [-0.15, -0.1) is 0 Å². The quantitative estimate of drug-likeness (QED) is 0.332. The molecule has 0 radical (unpaired) electrons. The zero-order valence-electron chi connectivity index (χ0n) is 17.3. The Morgan fingerprint density at radius 2 is 1.84 bits per heavy atom. The first-order valence-corrected chi connectivity index (χ1v) is 11.6. The molecule has 0 saturated carbocycles. The Kier molecular flexibility index (Phi) is 7.07. The zero-order valence-corrected chi connectivity index (χ0v) is 18.9. The van der Waals surface area contributed by atoms with Crippen molar-refractivity contribution in [1.29, 1.82) is 0 Å². The molecule has 1 heterocycles. The van der Waals surface area contributed by atoms with E-state index in [0.29, 0.717) is 33.2 Å². The number of aromatic nitrogens is 1. The number of nitrogens with two attached hydrogens (primary N) is 1. The molecular weight excluding hydrogens is 450 g/mol. The summed E-state index contributed by atoms with van der Waals surface area (Å²) in [5.74, 6) is -0.703. The SMILES string of the molecule is COC(=O)C(N)=CC(=Nc1ccccc1Cl)c1ccc(-c2cccc(S(C)(=O)=O)c2)cn1. The van der Waals surface area contributed by atoms with Gasteiger partial charge in [0.25, 0.3) is 0 Å². The third-order valence-corrected chi connectivity index (χ3v) is 5.86. The summed E-state index contributed by atoms with van der Waals surface area (Å²) in [4.78, 5) is 20.9. The molecule has 0 amide bonds. The van der Waals surface area contributed by atoms with E-state index in [1.54, 1.807) is 60.8 Å². The van der Waals surface area contributed by atoms with Crippen LogP contribution < -0.4 is 5.73 Å². The lowest BCUT2D eigenvalue weighted by molar-refractivity contribution is -0.136. The minimum absolute atomic E-state index is 0.148. The largest absolute Gasteiger partial charge is 0.464 e. The standard InChI is InChI=1S/C23H20ClN3O4S/c1-31-23(28)19(25)13-22(27-20-9-4-3-8-18(20)24)21-11-10-16(14-26-21)15-6-5-7-17(12-15)32(2,29)30/h3-14H,25H2,1-2H3. The second-order valence-corrected chi connectivity index (χ2v) is 9.19. The Morgan fingerprint density at radius 3 is 2.47 bits per heavy atom. The number of pyridine rings is 1. The van der Waals surface area contributed by atoms with E-state index < -0.39 is 15.8 Å². The van der Waals surface area contributed by atoms with Crippen LogP contribution in [0.5, 0.6) is 0 Å². The molecule has 1 aromatic heterocycles. The van der Waals surface area contributed by atoms with Gasteiger partial charge in [-0.2, -0.15) is 0 Å². The van der Waals surface area contributed by atoms with E-state index in [9.17, 15) is 13.2 Å². The van der Waals surface area contributed by atoms with Crippen LogP contribution in [0, 0.1) is 0 Å². The van der Waals surface area contributed by atoms with E-state index in [4.69, 9.17) is 17.3 Å². The molecule has 0 aliphatic carbocycles. The van der Waals surface area contributed by atoms with E-state index in [1.165, 1.54) is 19.3 Å². The maximum atomic E-state index is 11.8. The lowest BCUT2D eigenvalue weighted by Gasteiger charge is -2.08. The first-order valence-electron chi connectivity index (χ1n) is 9.34. The van der Waals surface area contributed by atoms with Crippen LogP contribution >= 0.6 is 11.6 Å². The van der Waals surface area contributed by atoms with E-state index in [2.05, 4.69) is 14.7 Å². The van der Waals surface area contributed by atoms with Crippen molar-refractivity contribution in [2.24, 2.45) is 10.7 Å². The molecule has 7 nitrogen and oxygen atoms in total. The molecule has 0 saturated heterocycles. The Labute approximate surface area is 191 Å². The Hall–Kier alpha value is -3.49. The third kappa shape index (κ3) is 5.60. The number of benzene rings is 2. The van der Waals surface area contributed by atoms with Crippen molar-refractivity contribution in [3.8, 4) is 11.1 Å². The van der Waals surface area contributed by atoms with Gasteiger partial charge in [-0.1, -0.05) is 41.9 Å². The molecule has 164 valence electrons. The smallest absolute Gasteiger partial charge is 0.353 e. The first kappa shape index (κ1) is 23.2. The van der Waals surface area contributed by atoms with Gasteiger partial charge >= 0.3 is 5.97 Å². The molecule has 0 aliphatic heterocycles. The van der Waals surface area contributed by atoms with Crippen LogP contribution in [0.15, 0.2) is 88.5 Å². The molecule has 0 spiro atoms. The predicted molar refractivity (Wildman–Crippen MR) is 125 cm³/mol. The van der Waals surface area contributed by atoms with Gasteiger partial charge < -0.3 is 10.5 Å². The maximum absolute atomic E-state index is 11.8. The second-order valence-electron chi connectivity index (χ2n) is 6.77. The molecule has 2 N–H and O–H groups in total. The lowest BCUT2D eigenvalue weighted by Crippen LogP contribution is -2.15. The van der Waals surface area contributed by atoms with Crippen molar-refractivity contribution < 1.29 is 17.9 Å². The summed E-state index contributed by atoms with van der Waals surface area (Å²) < 4.78 is 28.3. The van der Waals surface area contributed by atoms with Gasteiger partial charge in [0.15, 0.2) is 9.84 Å². The minimum Gasteiger partial charge on any atom is -0.464 e. The van der Waals surface area contributed by atoms with E-state index >= 15 is 0 Å². The lowest BCUT2D eigenvalue weighted by atomic mass is 10.1.